The minimum Gasteiger partial charge on any atom is -0.492 e. The van der Waals surface area contributed by atoms with Gasteiger partial charge in [0.25, 0.3) is 0 Å². The molecule has 0 amide bonds. The largest absolute Gasteiger partial charge is 0.492 e. The molecular formula is C15H23NO2. The van der Waals surface area contributed by atoms with E-state index >= 15 is 0 Å². The summed E-state index contributed by atoms with van der Waals surface area (Å²) in [6.45, 7) is 7.33. The molecule has 0 radical (unpaired) electrons. The van der Waals surface area contributed by atoms with Crippen molar-refractivity contribution in [3.05, 3.63) is 29.8 Å². The molecule has 0 spiro atoms. The molecule has 0 unspecified atom stereocenters. The zero-order chi connectivity index (χ0) is 13.0. The molecule has 3 heteroatoms. The van der Waals surface area contributed by atoms with Gasteiger partial charge < -0.3 is 9.84 Å². The van der Waals surface area contributed by atoms with Crippen molar-refractivity contribution in [3.63, 3.8) is 0 Å². The SMILES string of the molecule is CCCC1(O)CN(CCOc2cccc(C)c2)C1. The maximum Gasteiger partial charge on any atom is 0.119 e. The summed E-state index contributed by atoms with van der Waals surface area (Å²) in [4.78, 5) is 2.24. The number of aryl methyl sites for hydroxylation is 1. The van der Waals surface area contributed by atoms with Gasteiger partial charge in [-0.3, -0.25) is 4.90 Å². The summed E-state index contributed by atoms with van der Waals surface area (Å²) in [6.07, 6.45) is 1.95. The fourth-order valence-corrected chi connectivity index (χ4v) is 2.57. The first-order valence-corrected chi connectivity index (χ1v) is 6.75. The number of hydrogen-bond acceptors (Lipinski definition) is 3. The number of β-amino-alcohol motifs (C(OH)–C–C–N with tert-alkyl or cyclic N) is 1. The Morgan fingerprint density at radius 1 is 1.39 bits per heavy atom. The van der Waals surface area contributed by atoms with Crippen LogP contribution in [0.25, 0.3) is 0 Å². The molecule has 1 saturated heterocycles. The Balaban J connectivity index is 1.66. The van der Waals surface area contributed by atoms with Gasteiger partial charge in [-0.1, -0.05) is 25.5 Å². The molecule has 1 aliphatic rings. The van der Waals surface area contributed by atoms with Crippen molar-refractivity contribution in [1.82, 2.24) is 4.90 Å². The predicted molar refractivity (Wildman–Crippen MR) is 73.0 cm³/mol. The van der Waals surface area contributed by atoms with E-state index in [4.69, 9.17) is 4.74 Å². The number of nitrogens with zero attached hydrogens (tertiary/aromatic N) is 1. The second kappa shape index (κ2) is 5.72. The zero-order valence-electron chi connectivity index (χ0n) is 11.4. The van der Waals surface area contributed by atoms with Crippen molar-refractivity contribution in [2.45, 2.75) is 32.3 Å². The normalized spacial score (nSPS) is 18.4. The molecular weight excluding hydrogens is 226 g/mol. The van der Waals surface area contributed by atoms with Crippen molar-refractivity contribution in [3.8, 4) is 5.75 Å². The molecule has 0 atom stereocenters. The molecule has 1 aliphatic heterocycles. The van der Waals surface area contributed by atoms with Crippen LogP contribution < -0.4 is 4.74 Å². The third kappa shape index (κ3) is 3.47. The monoisotopic (exact) mass is 249 g/mol. The van der Waals surface area contributed by atoms with E-state index in [0.29, 0.717) is 6.61 Å². The van der Waals surface area contributed by atoms with Gasteiger partial charge in [0.15, 0.2) is 0 Å². The average Bonchev–Trinajstić information content (AvgIpc) is 2.27. The van der Waals surface area contributed by atoms with Crippen LogP contribution in [-0.4, -0.2) is 41.8 Å². The first-order chi connectivity index (χ1) is 8.61. The molecule has 1 N–H and O–H groups in total. The molecule has 0 aliphatic carbocycles. The zero-order valence-corrected chi connectivity index (χ0v) is 11.4. The molecule has 1 aromatic rings. The van der Waals surface area contributed by atoms with Crippen LogP contribution in [-0.2, 0) is 0 Å². The van der Waals surface area contributed by atoms with Crippen molar-refractivity contribution >= 4 is 0 Å². The van der Waals surface area contributed by atoms with Gasteiger partial charge in [0.1, 0.15) is 12.4 Å². The van der Waals surface area contributed by atoms with Crippen LogP contribution in [0, 0.1) is 6.92 Å². The first kappa shape index (κ1) is 13.4. The lowest BCUT2D eigenvalue weighted by Crippen LogP contribution is -2.62. The van der Waals surface area contributed by atoms with Crippen LogP contribution in [0.1, 0.15) is 25.3 Å². The average molecular weight is 249 g/mol. The highest BCUT2D eigenvalue weighted by molar-refractivity contribution is 5.27. The highest BCUT2D eigenvalue weighted by atomic mass is 16.5. The molecule has 2 rings (SSSR count). The molecule has 3 nitrogen and oxygen atoms in total. The van der Waals surface area contributed by atoms with E-state index in [-0.39, 0.29) is 0 Å². The van der Waals surface area contributed by atoms with Gasteiger partial charge in [-0.25, -0.2) is 0 Å². The van der Waals surface area contributed by atoms with Crippen LogP contribution in [0.2, 0.25) is 0 Å². The molecule has 1 heterocycles. The lowest BCUT2D eigenvalue weighted by Gasteiger charge is -2.46. The lowest BCUT2D eigenvalue weighted by atomic mass is 9.89. The second-order valence-corrected chi connectivity index (χ2v) is 5.35. The minimum absolute atomic E-state index is 0.432. The molecule has 0 saturated carbocycles. The summed E-state index contributed by atoms with van der Waals surface area (Å²) in [5.74, 6) is 0.930. The Hall–Kier alpha value is -1.06. The molecule has 100 valence electrons. The van der Waals surface area contributed by atoms with Gasteiger partial charge in [0.05, 0.1) is 5.60 Å². The number of hydrogen-bond donors (Lipinski definition) is 1. The van der Waals surface area contributed by atoms with Crippen molar-refractivity contribution in [2.24, 2.45) is 0 Å². The molecule has 1 fully saturated rings. The minimum atomic E-state index is -0.432. The quantitative estimate of drug-likeness (QED) is 0.839. The molecule has 1 aromatic carbocycles. The third-order valence-electron chi connectivity index (χ3n) is 3.42. The highest BCUT2D eigenvalue weighted by Gasteiger charge is 2.39. The lowest BCUT2D eigenvalue weighted by molar-refractivity contribution is -0.105. The summed E-state index contributed by atoms with van der Waals surface area (Å²) >= 11 is 0. The fraction of sp³-hybridized carbons (Fsp3) is 0.600. The van der Waals surface area contributed by atoms with Crippen molar-refractivity contribution < 1.29 is 9.84 Å². The van der Waals surface area contributed by atoms with Crippen LogP contribution in [0.5, 0.6) is 5.75 Å². The topological polar surface area (TPSA) is 32.7 Å². The van der Waals surface area contributed by atoms with E-state index < -0.39 is 5.60 Å². The van der Waals surface area contributed by atoms with E-state index in [9.17, 15) is 5.11 Å². The van der Waals surface area contributed by atoms with E-state index in [1.807, 2.05) is 18.2 Å². The predicted octanol–water partition coefficient (Wildman–Crippen LogP) is 2.22. The smallest absolute Gasteiger partial charge is 0.119 e. The van der Waals surface area contributed by atoms with E-state index in [2.05, 4.69) is 24.8 Å². The van der Waals surface area contributed by atoms with Gasteiger partial charge in [-0.05, 0) is 31.0 Å². The first-order valence-electron chi connectivity index (χ1n) is 6.75. The second-order valence-electron chi connectivity index (χ2n) is 5.35. The van der Waals surface area contributed by atoms with Gasteiger partial charge in [0, 0.05) is 19.6 Å². The Morgan fingerprint density at radius 2 is 2.17 bits per heavy atom. The van der Waals surface area contributed by atoms with Crippen LogP contribution >= 0.6 is 0 Å². The van der Waals surface area contributed by atoms with Gasteiger partial charge in [0.2, 0.25) is 0 Å². The summed E-state index contributed by atoms with van der Waals surface area (Å²) in [7, 11) is 0. The van der Waals surface area contributed by atoms with E-state index in [0.717, 1.165) is 38.2 Å². The summed E-state index contributed by atoms with van der Waals surface area (Å²) in [5, 5.41) is 10.1. The Morgan fingerprint density at radius 3 is 2.83 bits per heavy atom. The number of rotatable bonds is 6. The fourth-order valence-electron chi connectivity index (χ4n) is 2.57. The maximum absolute atomic E-state index is 10.1. The molecule has 0 aromatic heterocycles. The summed E-state index contributed by atoms with van der Waals surface area (Å²) in [6, 6.07) is 8.10. The van der Waals surface area contributed by atoms with Gasteiger partial charge in [-0.15, -0.1) is 0 Å². The highest BCUT2D eigenvalue weighted by Crippen LogP contribution is 2.25. The maximum atomic E-state index is 10.1. The van der Waals surface area contributed by atoms with E-state index in [1.54, 1.807) is 0 Å². The molecule has 18 heavy (non-hydrogen) atoms. The van der Waals surface area contributed by atoms with Crippen molar-refractivity contribution in [1.29, 1.82) is 0 Å². The van der Waals surface area contributed by atoms with E-state index in [1.165, 1.54) is 5.56 Å². The van der Waals surface area contributed by atoms with Crippen LogP contribution in [0.15, 0.2) is 24.3 Å². The number of likely N-dealkylation sites (tertiary alicyclic amines) is 1. The Labute approximate surface area is 109 Å². The number of ether oxygens (including phenoxy) is 1. The van der Waals surface area contributed by atoms with Gasteiger partial charge >= 0.3 is 0 Å². The van der Waals surface area contributed by atoms with Crippen molar-refractivity contribution in [2.75, 3.05) is 26.2 Å². The summed E-state index contributed by atoms with van der Waals surface area (Å²) in [5.41, 5.74) is 0.784. The Bertz CT molecular complexity index is 386. The third-order valence-corrected chi connectivity index (χ3v) is 3.42. The van der Waals surface area contributed by atoms with Crippen LogP contribution in [0.3, 0.4) is 0 Å². The summed E-state index contributed by atoms with van der Waals surface area (Å²) < 4.78 is 5.70. The van der Waals surface area contributed by atoms with Crippen LogP contribution in [0.4, 0.5) is 0 Å². The Kier molecular flexibility index (Phi) is 4.25. The number of aliphatic hydroxyl groups is 1. The number of benzene rings is 1. The van der Waals surface area contributed by atoms with Gasteiger partial charge in [-0.2, -0.15) is 0 Å². The standard InChI is InChI=1S/C15H23NO2/c1-3-7-15(17)11-16(12-15)8-9-18-14-6-4-5-13(2)10-14/h4-6,10,17H,3,7-9,11-12H2,1-2H3. The molecule has 0 bridgehead atoms.